The highest BCUT2D eigenvalue weighted by Crippen LogP contribution is 2.42. The lowest BCUT2D eigenvalue weighted by atomic mass is 9.93. The van der Waals surface area contributed by atoms with E-state index >= 15 is 0 Å². The van der Waals surface area contributed by atoms with E-state index in [1.54, 1.807) is 18.2 Å². The zero-order chi connectivity index (χ0) is 13.2. The molecule has 0 amide bonds. The van der Waals surface area contributed by atoms with Gasteiger partial charge in [-0.2, -0.15) is 0 Å². The molecule has 2 rings (SSSR count). The van der Waals surface area contributed by atoms with Crippen LogP contribution in [0.2, 0.25) is 0 Å². The highest BCUT2D eigenvalue weighted by Gasteiger charge is 2.48. The average molecular weight is 258 g/mol. The number of alkyl halides is 2. The first-order chi connectivity index (χ1) is 8.55. The molecule has 1 saturated heterocycles. The molecule has 1 heterocycles. The molecule has 2 N–H and O–H groups in total. The maximum absolute atomic E-state index is 14.5. The third kappa shape index (κ3) is 2.68. The summed E-state index contributed by atoms with van der Waals surface area (Å²) in [4.78, 5) is 0. The Morgan fingerprint density at radius 3 is 2.67 bits per heavy atom. The van der Waals surface area contributed by atoms with Crippen LogP contribution in [0.3, 0.4) is 0 Å². The highest BCUT2D eigenvalue weighted by molar-refractivity contribution is 5.20. The van der Waals surface area contributed by atoms with Crippen LogP contribution in [-0.2, 0) is 4.74 Å². The van der Waals surface area contributed by atoms with Gasteiger partial charge in [-0.25, -0.2) is 8.78 Å². The Bertz CT molecular complexity index is 387. The van der Waals surface area contributed by atoms with Crippen molar-refractivity contribution in [2.75, 3.05) is 6.61 Å². The highest BCUT2D eigenvalue weighted by atomic mass is 19.2. The molecule has 5 heteroatoms. The van der Waals surface area contributed by atoms with Crippen LogP contribution in [0.15, 0.2) is 30.3 Å². The van der Waals surface area contributed by atoms with Crippen LogP contribution in [0.1, 0.15) is 24.6 Å². The van der Waals surface area contributed by atoms with Gasteiger partial charge in [0.2, 0.25) is 5.85 Å². The van der Waals surface area contributed by atoms with Crippen LogP contribution in [0, 0.1) is 0 Å². The Hall–Kier alpha value is -1.04. The molecule has 1 aromatic rings. The predicted octanol–water partition coefficient (Wildman–Crippen LogP) is 1.90. The fourth-order valence-corrected chi connectivity index (χ4v) is 2.23. The Labute approximate surface area is 104 Å². The molecule has 0 aliphatic carbocycles. The summed E-state index contributed by atoms with van der Waals surface area (Å²) in [6, 6.07) is 7.84. The standard InChI is InChI=1S/C13H16F2O3/c14-12(9-4-2-1-3-5-9)13(15)7-10(17)6-11(8-16)18-13/h1-5,10-12,16-17H,6-8H2. The van der Waals surface area contributed by atoms with E-state index in [1.807, 2.05) is 0 Å². The lowest BCUT2D eigenvalue weighted by Crippen LogP contribution is -2.47. The molecule has 3 nitrogen and oxygen atoms in total. The zero-order valence-corrected chi connectivity index (χ0v) is 9.80. The number of aliphatic hydroxyl groups is 2. The largest absolute Gasteiger partial charge is 0.394 e. The number of halogens is 2. The summed E-state index contributed by atoms with van der Waals surface area (Å²) in [5, 5.41) is 18.5. The Morgan fingerprint density at radius 2 is 2.06 bits per heavy atom. The van der Waals surface area contributed by atoms with E-state index in [9.17, 15) is 13.9 Å². The second-order valence-corrected chi connectivity index (χ2v) is 4.58. The number of hydrogen-bond donors (Lipinski definition) is 2. The number of rotatable bonds is 3. The van der Waals surface area contributed by atoms with Crippen LogP contribution in [0.25, 0.3) is 0 Å². The minimum atomic E-state index is -2.59. The van der Waals surface area contributed by atoms with Crippen molar-refractivity contribution in [3.63, 3.8) is 0 Å². The lowest BCUT2D eigenvalue weighted by molar-refractivity contribution is -0.265. The molecule has 100 valence electrons. The van der Waals surface area contributed by atoms with Crippen molar-refractivity contribution in [3.05, 3.63) is 35.9 Å². The molecule has 4 unspecified atom stereocenters. The first-order valence-electron chi connectivity index (χ1n) is 5.90. The van der Waals surface area contributed by atoms with E-state index in [2.05, 4.69) is 0 Å². The van der Waals surface area contributed by atoms with Gasteiger partial charge in [0.25, 0.3) is 0 Å². The van der Waals surface area contributed by atoms with E-state index in [-0.39, 0.29) is 12.0 Å². The van der Waals surface area contributed by atoms with Crippen LogP contribution >= 0.6 is 0 Å². The van der Waals surface area contributed by atoms with E-state index < -0.39 is 37.3 Å². The summed E-state index contributed by atoms with van der Waals surface area (Å²) in [6.07, 6.45) is -4.19. The van der Waals surface area contributed by atoms with Crippen molar-refractivity contribution in [1.29, 1.82) is 0 Å². The van der Waals surface area contributed by atoms with Gasteiger partial charge in [-0.1, -0.05) is 30.3 Å². The van der Waals surface area contributed by atoms with Crippen LogP contribution in [-0.4, -0.2) is 34.9 Å². The number of hydrogen-bond acceptors (Lipinski definition) is 3. The summed E-state index contributed by atoms with van der Waals surface area (Å²) in [5.74, 6) is -2.59. The van der Waals surface area contributed by atoms with Crippen molar-refractivity contribution in [3.8, 4) is 0 Å². The van der Waals surface area contributed by atoms with Crippen LogP contribution in [0.4, 0.5) is 8.78 Å². The normalized spacial score (nSPS) is 34.2. The molecule has 0 saturated carbocycles. The third-order valence-corrected chi connectivity index (χ3v) is 3.09. The molecule has 18 heavy (non-hydrogen) atoms. The van der Waals surface area contributed by atoms with Gasteiger partial charge in [-0.15, -0.1) is 0 Å². The van der Waals surface area contributed by atoms with Crippen molar-refractivity contribution >= 4 is 0 Å². The van der Waals surface area contributed by atoms with Gasteiger partial charge in [0.05, 0.1) is 18.8 Å². The lowest BCUT2D eigenvalue weighted by Gasteiger charge is -2.38. The molecular formula is C13H16F2O3. The number of ether oxygens (including phenoxy) is 1. The third-order valence-electron chi connectivity index (χ3n) is 3.09. The number of aliphatic hydroxyl groups excluding tert-OH is 2. The Kier molecular flexibility index (Phi) is 3.94. The van der Waals surface area contributed by atoms with E-state index in [0.717, 1.165) is 0 Å². The zero-order valence-electron chi connectivity index (χ0n) is 9.80. The summed E-state index contributed by atoms with van der Waals surface area (Å²) in [6.45, 7) is -0.440. The first-order valence-corrected chi connectivity index (χ1v) is 5.90. The topological polar surface area (TPSA) is 49.7 Å². The van der Waals surface area contributed by atoms with Crippen molar-refractivity contribution in [2.45, 2.75) is 37.1 Å². The molecule has 1 fully saturated rings. The maximum Gasteiger partial charge on any atom is 0.247 e. The van der Waals surface area contributed by atoms with Gasteiger partial charge in [0, 0.05) is 12.8 Å². The van der Waals surface area contributed by atoms with Crippen molar-refractivity contribution in [2.24, 2.45) is 0 Å². The van der Waals surface area contributed by atoms with E-state index in [1.165, 1.54) is 12.1 Å². The molecule has 4 atom stereocenters. The van der Waals surface area contributed by atoms with Gasteiger partial charge >= 0.3 is 0 Å². The van der Waals surface area contributed by atoms with Gasteiger partial charge in [0.15, 0.2) is 6.17 Å². The minimum absolute atomic E-state index is 0.115. The van der Waals surface area contributed by atoms with Crippen LogP contribution < -0.4 is 0 Å². The molecule has 0 spiro atoms. The summed E-state index contributed by atoms with van der Waals surface area (Å²) in [5.41, 5.74) is 0.158. The molecule has 0 bridgehead atoms. The van der Waals surface area contributed by atoms with Crippen molar-refractivity contribution in [1.82, 2.24) is 0 Å². The van der Waals surface area contributed by atoms with E-state index in [4.69, 9.17) is 9.84 Å². The summed E-state index contributed by atoms with van der Waals surface area (Å²) >= 11 is 0. The minimum Gasteiger partial charge on any atom is -0.394 e. The molecule has 1 aromatic carbocycles. The first kappa shape index (κ1) is 13.4. The fraction of sp³-hybridized carbons (Fsp3) is 0.538. The Morgan fingerprint density at radius 1 is 1.39 bits per heavy atom. The predicted molar refractivity (Wildman–Crippen MR) is 61.3 cm³/mol. The molecular weight excluding hydrogens is 242 g/mol. The summed E-state index contributed by atoms with van der Waals surface area (Å²) in [7, 11) is 0. The van der Waals surface area contributed by atoms with Gasteiger partial charge in [-0.05, 0) is 5.56 Å². The van der Waals surface area contributed by atoms with Crippen LogP contribution in [0.5, 0.6) is 0 Å². The second-order valence-electron chi connectivity index (χ2n) is 4.58. The summed E-state index contributed by atoms with van der Waals surface area (Å²) < 4.78 is 33.6. The quantitative estimate of drug-likeness (QED) is 0.870. The molecule has 0 aromatic heterocycles. The molecule has 1 aliphatic heterocycles. The van der Waals surface area contributed by atoms with Gasteiger partial charge < -0.3 is 14.9 Å². The smallest absolute Gasteiger partial charge is 0.247 e. The second kappa shape index (κ2) is 5.30. The fourth-order valence-electron chi connectivity index (χ4n) is 2.23. The monoisotopic (exact) mass is 258 g/mol. The number of benzene rings is 1. The average Bonchev–Trinajstić information content (AvgIpc) is 2.37. The SMILES string of the molecule is OCC1CC(O)CC(F)(C(F)c2ccccc2)O1. The van der Waals surface area contributed by atoms with Gasteiger partial charge in [-0.3, -0.25) is 0 Å². The Balaban J connectivity index is 2.19. The van der Waals surface area contributed by atoms with Crippen molar-refractivity contribution < 1.29 is 23.7 Å². The molecule has 0 radical (unpaired) electrons. The maximum atomic E-state index is 14.5. The van der Waals surface area contributed by atoms with E-state index in [0.29, 0.717) is 0 Å². The van der Waals surface area contributed by atoms with Gasteiger partial charge in [0.1, 0.15) is 0 Å². The molecule has 1 aliphatic rings.